The number of carbonyl (C=O) groups is 1. The number of hydrogen-bond donors (Lipinski definition) is 0. The molecule has 0 N–H and O–H groups in total. The van der Waals surface area contributed by atoms with Crippen LogP contribution in [0.4, 0.5) is 10.1 Å². The van der Waals surface area contributed by atoms with Crippen LogP contribution in [0.3, 0.4) is 0 Å². The number of nitrogens with zero attached hydrogens (tertiary/aromatic N) is 1. The van der Waals surface area contributed by atoms with Crippen molar-refractivity contribution in [1.82, 2.24) is 0 Å². The van der Waals surface area contributed by atoms with Crippen LogP contribution in [0.25, 0.3) is 0 Å². The van der Waals surface area contributed by atoms with Crippen molar-refractivity contribution < 1.29 is 18.8 Å². The molecule has 0 aromatic heterocycles. The first-order chi connectivity index (χ1) is 9.52. The van der Waals surface area contributed by atoms with Crippen LogP contribution < -0.4 is 4.74 Å². The molecule has 0 spiro atoms. The van der Waals surface area contributed by atoms with Crippen molar-refractivity contribution in [3.8, 4) is 11.5 Å². The van der Waals surface area contributed by atoms with Gasteiger partial charge < -0.3 is 4.74 Å². The third-order valence-electron chi connectivity index (χ3n) is 2.46. The summed E-state index contributed by atoms with van der Waals surface area (Å²) in [5, 5.41) is 10.9. The van der Waals surface area contributed by atoms with Gasteiger partial charge in [-0.25, -0.2) is 4.39 Å². The van der Waals surface area contributed by atoms with Crippen LogP contribution in [0.1, 0.15) is 10.4 Å². The summed E-state index contributed by atoms with van der Waals surface area (Å²) in [5.74, 6) is -1.28. The number of aldehydes is 1. The molecule has 0 atom stereocenters. The third-order valence-corrected chi connectivity index (χ3v) is 2.79. The standard InChI is InChI=1S/C13H7ClFNO4/c14-10-6-9(5-4-8(10)7-17)20-13-11(15)2-1-3-12(13)16(18)19/h1-7H. The van der Waals surface area contributed by atoms with Gasteiger partial charge in [-0.3, -0.25) is 14.9 Å². The Hall–Kier alpha value is -2.47. The van der Waals surface area contributed by atoms with Gasteiger partial charge in [-0.05, 0) is 18.2 Å². The Labute approximate surface area is 117 Å². The first kappa shape index (κ1) is 14.0. The fraction of sp³-hybridized carbons (Fsp3) is 0. The summed E-state index contributed by atoms with van der Waals surface area (Å²) in [6.07, 6.45) is 0.553. The van der Waals surface area contributed by atoms with Gasteiger partial charge in [0.05, 0.1) is 9.95 Å². The van der Waals surface area contributed by atoms with E-state index in [2.05, 4.69) is 0 Å². The van der Waals surface area contributed by atoms with Crippen molar-refractivity contribution in [2.75, 3.05) is 0 Å². The second-order valence-electron chi connectivity index (χ2n) is 3.75. The van der Waals surface area contributed by atoms with Gasteiger partial charge in [-0.15, -0.1) is 0 Å². The lowest BCUT2D eigenvalue weighted by Crippen LogP contribution is -1.96. The van der Waals surface area contributed by atoms with E-state index in [9.17, 15) is 19.3 Å². The highest BCUT2D eigenvalue weighted by molar-refractivity contribution is 6.33. The largest absolute Gasteiger partial charge is 0.447 e. The highest BCUT2D eigenvalue weighted by Gasteiger charge is 2.20. The van der Waals surface area contributed by atoms with E-state index in [4.69, 9.17) is 16.3 Å². The van der Waals surface area contributed by atoms with Gasteiger partial charge in [-0.1, -0.05) is 17.7 Å². The molecule has 20 heavy (non-hydrogen) atoms. The molecule has 2 rings (SSSR count). The van der Waals surface area contributed by atoms with E-state index in [0.717, 1.165) is 12.1 Å². The summed E-state index contributed by atoms with van der Waals surface area (Å²) < 4.78 is 18.8. The van der Waals surface area contributed by atoms with E-state index in [1.807, 2.05) is 0 Å². The Kier molecular flexibility index (Phi) is 3.95. The van der Waals surface area contributed by atoms with Crippen molar-refractivity contribution in [2.24, 2.45) is 0 Å². The minimum atomic E-state index is -0.866. The maximum absolute atomic E-state index is 13.6. The predicted molar refractivity (Wildman–Crippen MR) is 70.0 cm³/mol. The first-order valence-corrected chi connectivity index (χ1v) is 5.76. The third kappa shape index (κ3) is 2.75. The van der Waals surface area contributed by atoms with Gasteiger partial charge in [0.1, 0.15) is 5.75 Å². The summed E-state index contributed by atoms with van der Waals surface area (Å²) >= 11 is 5.80. The molecule has 2 aromatic carbocycles. The Bertz CT molecular complexity index is 690. The zero-order valence-corrected chi connectivity index (χ0v) is 10.6. The second kappa shape index (κ2) is 5.66. The van der Waals surface area contributed by atoms with E-state index in [-0.39, 0.29) is 16.3 Å². The molecule has 0 saturated heterocycles. The topological polar surface area (TPSA) is 69.4 Å². The van der Waals surface area contributed by atoms with Crippen LogP contribution in [0.2, 0.25) is 5.02 Å². The second-order valence-corrected chi connectivity index (χ2v) is 4.16. The highest BCUT2D eigenvalue weighted by Crippen LogP contribution is 2.34. The average Bonchev–Trinajstić information content (AvgIpc) is 2.41. The number of nitro groups is 1. The summed E-state index contributed by atoms with van der Waals surface area (Å²) in [4.78, 5) is 20.7. The lowest BCUT2D eigenvalue weighted by molar-refractivity contribution is -0.385. The Morgan fingerprint density at radius 2 is 2.05 bits per heavy atom. The van der Waals surface area contributed by atoms with Crippen molar-refractivity contribution in [3.05, 3.63) is 62.9 Å². The average molecular weight is 296 g/mol. The van der Waals surface area contributed by atoms with Crippen LogP contribution >= 0.6 is 11.6 Å². The summed E-state index contributed by atoms with van der Waals surface area (Å²) in [7, 11) is 0. The summed E-state index contributed by atoms with van der Waals surface area (Å²) in [6.45, 7) is 0. The Balaban J connectivity index is 2.42. The summed E-state index contributed by atoms with van der Waals surface area (Å²) in [6, 6.07) is 7.40. The number of hydrogen-bond acceptors (Lipinski definition) is 4. The lowest BCUT2D eigenvalue weighted by atomic mass is 10.2. The fourth-order valence-electron chi connectivity index (χ4n) is 1.53. The number of para-hydroxylation sites is 1. The van der Waals surface area contributed by atoms with Gasteiger partial charge in [-0.2, -0.15) is 0 Å². The van der Waals surface area contributed by atoms with E-state index in [1.54, 1.807) is 0 Å². The van der Waals surface area contributed by atoms with E-state index in [1.165, 1.54) is 24.3 Å². The van der Waals surface area contributed by atoms with Crippen molar-refractivity contribution in [1.29, 1.82) is 0 Å². The van der Waals surface area contributed by atoms with Gasteiger partial charge >= 0.3 is 5.69 Å². The van der Waals surface area contributed by atoms with E-state index < -0.39 is 22.2 Å². The number of rotatable bonds is 4. The molecule has 0 bridgehead atoms. The van der Waals surface area contributed by atoms with Crippen LogP contribution in [0.15, 0.2) is 36.4 Å². The zero-order valence-electron chi connectivity index (χ0n) is 9.88. The van der Waals surface area contributed by atoms with Gasteiger partial charge in [0.25, 0.3) is 0 Å². The van der Waals surface area contributed by atoms with Crippen LogP contribution in [-0.4, -0.2) is 11.2 Å². The lowest BCUT2D eigenvalue weighted by Gasteiger charge is -2.08. The van der Waals surface area contributed by atoms with Gasteiger partial charge in [0.2, 0.25) is 5.75 Å². The minimum Gasteiger partial charge on any atom is -0.447 e. The number of carbonyl (C=O) groups excluding carboxylic acids is 1. The number of nitro benzene ring substituents is 1. The molecule has 0 aliphatic carbocycles. The van der Waals surface area contributed by atoms with Gasteiger partial charge in [0.15, 0.2) is 12.1 Å². The van der Waals surface area contributed by atoms with Crippen LogP contribution in [0.5, 0.6) is 11.5 Å². The summed E-state index contributed by atoms with van der Waals surface area (Å²) in [5.41, 5.74) is -0.261. The number of benzene rings is 2. The highest BCUT2D eigenvalue weighted by atomic mass is 35.5. The fourth-order valence-corrected chi connectivity index (χ4v) is 1.74. The Morgan fingerprint density at radius 1 is 1.30 bits per heavy atom. The molecular formula is C13H7ClFNO4. The SMILES string of the molecule is O=Cc1ccc(Oc2c(F)cccc2[N+](=O)[O-])cc1Cl. The molecule has 5 nitrogen and oxygen atoms in total. The van der Waals surface area contributed by atoms with Crippen molar-refractivity contribution >= 4 is 23.6 Å². The number of halogens is 2. The van der Waals surface area contributed by atoms with Crippen molar-refractivity contribution in [2.45, 2.75) is 0 Å². The van der Waals surface area contributed by atoms with E-state index in [0.29, 0.717) is 6.29 Å². The quantitative estimate of drug-likeness (QED) is 0.486. The maximum atomic E-state index is 13.6. The molecule has 0 aliphatic rings. The Morgan fingerprint density at radius 3 is 2.65 bits per heavy atom. The monoisotopic (exact) mass is 295 g/mol. The maximum Gasteiger partial charge on any atom is 0.314 e. The predicted octanol–water partition coefficient (Wildman–Crippen LogP) is 3.99. The molecule has 0 unspecified atom stereocenters. The molecule has 0 aliphatic heterocycles. The smallest absolute Gasteiger partial charge is 0.314 e. The molecule has 0 fully saturated rings. The molecule has 0 saturated carbocycles. The van der Waals surface area contributed by atoms with Gasteiger partial charge in [0, 0.05) is 17.7 Å². The zero-order chi connectivity index (χ0) is 14.7. The first-order valence-electron chi connectivity index (χ1n) is 5.38. The molecular weight excluding hydrogens is 289 g/mol. The minimum absolute atomic E-state index is 0.0915. The van der Waals surface area contributed by atoms with Crippen LogP contribution in [-0.2, 0) is 0 Å². The van der Waals surface area contributed by atoms with Crippen molar-refractivity contribution in [3.63, 3.8) is 0 Å². The molecule has 7 heteroatoms. The molecule has 0 heterocycles. The molecule has 0 radical (unpaired) electrons. The van der Waals surface area contributed by atoms with Crippen LogP contribution in [0, 0.1) is 15.9 Å². The number of ether oxygens (including phenoxy) is 1. The molecule has 2 aromatic rings. The van der Waals surface area contributed by atoms with E-state index >= 15 is 0 Å². The molecule has 0 amide bonds. The molecule has 102 valence electrons. The normalized spacial score (nSPS) is 10.1.